The first-order valence-electron chi connectivity index (χ1n) is 23.7. The third-order valence-corrected chi connectivity index (χ3v) is 11.1. The van der Waals surface area contributed by atoms with Gasteiger partial charge in [-0.15, -0.1) is 0 Å². The minimum Gasteiger partial charge on any atom is -0.457 e. The van der Waals surface area contributed by atoms with E-state index >= 15 is 0 Å². The van der Waals surface area contributed by atoms with Crippen LogP contribution in [0.2, 0.25) is 0 Å². The Morgan fingerprint density at radius 1 is 0.548 bits per heavy atom. The van der Waals surface area contributed by atoms with Gasteiger partial charge in [0.15, 0.2) is 12.6 Å². The number of aliphatic hydroxyl groups excluding tert-OH is 7. The van der Waals surface area contributed by atoms with Crippen molar-refractivity contribution in [2.24, 2.45) is 0 Å². The van der Waals surface area contributed by atoms with Crippen LogP contribution < -0.4 is 0 Å². The quantitative estimate of drug-likeness (QED) is 0.0218. The standard InChI is InChI=1S/C48H84O14/c1-3-5-7-9-11-13-14-15-16-17-18-19-20-21-22-23-25-27-29-31-40(50)60-37(34-57-32-30-28-26-24-12-10-8-6-4-2)35-58-47-46(56)44(54)42(52)39(62-47)36-59-48-45(55)43(53)41(51)38(33-49)61-48/h5,7,11,13,15-16,18-19,37-39,41-49,51-56H,3-4,6,8-10,12,14,17,20-36H2,1-2H3/b7-5-,13-11-,16-15-,19-18-. The van der Waals surface area contributed by atoms with Gasteiger partial charge < -0.3 is 64.2 Å². The molecular formula is C48H84O14. The largest absolute Gasteiger partial charge is 0.457 e. The normalized spacial score (nSPS) is 27.6. The van der Waals surface area contributed by atoms with Gasteiger partial charge in [-0.25, -0.2) is 0 Å². The highest BCUT2D eigenvalue weighted by Gasteiger charge is 2.47. The molecule has 0 amide bonds. The molecule has 0 aromatic heterocycles. The zero-order valence-corrected chi connectivity index (χ0v) is 37.8. The topological polar surface area (TPSA) is 214 Å². The van der Waals surface area contributed by atoms with E-state index in [1.165, 1.54) is 38.5 Å². The van der Waals surface area contributed by atoms with Crippen LogP contribution in [0.4, 0.5) is 0 Å². The third kappa shape index (κ3) is 24.3. The number of allylic oxidation sites excluding steroid dienone is 8. The molecule has 11 unspecified atom stereocenters. The summed E-state index contributed by atoms with van der Waals surface area (Å²) in [5.41, 5.74) is 0. The molecule has 14 heteroatoms. The van der Waals surface area contributed by atoms with Gasteiger partial charge in [-0.1, -0.05) is 140 Å². The van der Waals surface area contributed by atoms with E-state index in [2.05, 4.69) is 62.5 Å². The number of unbranched alkanes of at least 4 members (excludes halogenated alkanes) is 14. The van der Waals surface area contributed by atoms with Crippen molar-refractivity contribution in [2.75, 3.05) is 33.0 Å². The lowest BCUT2D eigenvalue weighted by Gasteiger charge is -2.42. The monoisotopic (exact) mass is 885 g/mol. The van der Waals surface area contributed by atoms with E-state index in [0.29, 0.717) is 13.0 Å². The second-order valence-electron chi connectivity index (χ2n) is 16.6. The van der Waals surface area contributed by atoms with E-state index in [4.69, 9.17) is 28.4 Å². The number of esters is 1. The van der Waals surface area contributed by atoms with Crippen molar-refractivity contribution in [3.63, 3.8) is 0 Å². The van der Waals surface area contributed by atoms with Gasteiger partial charge >= 0.3 is 5.97 Å². The molecule has 0 spiro atoms. The maximum Gasteiger partial charge on any atom is 0.306 e. The minimum absolute atomic E-state index is 0.0552. The van der Waals surface area contributed by atoms with Crippen LogP contribution in [0.15, 0.2) is 48.6 Å². The fourth-order valence-corrected chi connectivity index (χ4v) is 7.22. The lowest BCUT2D eigenvalue weighted by atomic mass is 9.98. The van der Waals surface area contributed by atoms with E-state index in [1.54, 1.807) is 0 Å². The van der Waals surface area contributed by atoms with Gasteiger partial charge in [0.2, 0.25) is 0 Å². The highest BCUT2D eigenvalue weighted by Crippen LogP contribution is 2.26. The molecular weight excluding hydrogens is 801 g/mol. The Labute approximate surface area is 372 Å². The van der Waals surface area contributed by atoms with E-state index in [1.807, 2.05) is 0 Å². The first kappa shape index (κ1) is 56.1. The van der Waals surface area contributed by atoms with Crippen molar-refractivity contribution in [2.45, 2.75) is 216 Å². The zero-order valence-electron chi connectivity index (χ0n) is 37.8. The molecule has 2 saturated heterocycles. The van der Waals surface area contributed by atoms with Gasteiger partial charge in [0, 0.05) is 13.0 Å². The van der Waals surface area contributed by atoms with Crippen molar-refractivity contribution >= 4 is 5.97 Å². The van der Waals surface area contributed by atoms with Gasteiger partial charge in [0.1, 0.15) is 54.9 Å². The molecule has 0 aromatic carbocycles. The maximum atomic E-state index is 12.9. The van der Waals surface area contributed by atoms with Crippen molar-refractivity contribution in [3.05, 3.63) is 48.6 Å². The molecule has 0 radical (unpaired) electrons. The average Bonchev–Trinajstić information content (AvgIpc) is 3.27. The van der Waals surface area contributed by atoms with Gasteiger partial charge in [-0.3, -0.25) is 4.79 Å². The summed E-state index contributed by atoms with van der Waals surface area (Å²) in [6.07, 6.45) is 23.3. The minimum atomic E-state index is -1.71. The van der Waals surface area contributed by atoms with E-state index in [0.717, 1.165) is 83.5 Å². The summed E-state index contributed by atoms with van der Waals surface area (Å²) in [7, 11) is 0. The Bertz CT molecular complexity index is 1210. The Kier molecular flexibility index (Phi) is 32.7. The van der Waals surface area contributed by atoms with Crippen LogP contribution >= 0.6 is 0 Å². The van der Waals surface area contributed by atoms with Crippen LogP contribution in [0.1, 0.15) is 149 Å². The molecule has 2 aliphatic heterocycles. The summed E-state index contributed by atoms with van der Waals surface area (Å²) in [6, 6.07) is 0. The maximum absolute atomic E-state index is 12.9. The summed E-state index contributed by atoms with van der Waals surface area (Å²) < 4.78 is 34.1. The van der Waals surface area contributed by atoms with Crippen molar-refractivity contribution < 1.29 is 69.0 Å². The molecule has 14 nitrogen and oxygen atoms in total. The van der Waals surface area contributed by atoms with Crippen LogP contribution in [0, 0.1) is 0 Å². The van der Waals surface area contributed by atoms with Crippen LogP contribution in [0.5, 0.6) is 0 Å². The van der Waals surface area contributed by atoms with Crippen molar-refractivity contribution in [1.82, 2.24) is 0 Å². The number of ether oxygens (including phenoxy) is 6. The summed E-state index contributed by atoms with van der Waals surface area (Å²) in [5.74, 6) is -0.393. The molecule has 0 bridgehead atoms. The van der Waals surface area contributed by atoms with Crippen molar-refractivity contribution in [1.29, 1.82) is 0 Å². The predicted octanol–water partition coefficient (Wildman–Crippen LogP) is 6.01. The average molecular weight is 885 g/mol. The molecule has 62 heavy (non-hydrogen) atoms. The van der Waals surface area contributed by atoms with E-state index in [9.17, 15) is 40.5 Å². The second-order valence-corrected chi connectivity index (χ2v) is 16.6. The Balaban J connectivity index is 1.78. The smallest absolute Gasteiger partial charge is 0.306 e. The lowest BCUT2D eigenvalue weighted by Crippen LogP contribution is -2.61. The Hall–Kier alpha value is -2.05. The molecule has 0 aliphatic carbocycles. The molecule has 360 valence electrons. The zero-order chi connectivity index (χ0) is 45.2. The molecule has 11 atom stereocenters. The summed E-state index contributed by atoms with van der Waals surface area (Å²) >= 11 is 0. The molecule has 2 rings (SSSR count). The van der Waals surface area contributed by atoms with E-state index < -0.39 is 86.7 Å². The number of hydrogen-bond acceptors (Lipinski definition) is 14. The predicted molar refractivity (Wildman–Crippen MR) is 238 cm³/mol. The van der Waals surface area contributed by atoms with Crippen LogP contribution in [0.25, 0.3) is 0 Å². The van der Waals surface area contributed by atoms with Gasteiger partial charge in [0.05, 0.1) is 26.4 Å². The number of aliphatic hydroxyl groups is 7. The Morgan fingerprint density at radius 3 is 1.65 bits per heavy atom. The highest BCUT2D eigenvalue weighted by atomic mass is 16.7. The first-order valence-corrected chi connectivity index (χ1v) is 23.7. The molecule has 2 fully saturated rings. The summed E-state index contributed by atoms with van der Waals surface area (Å²) in [6.45, 7) is 3.52. The number of hydrogen-bond donors (Lipinski definition) is 7. The molecule has 0 saturated carbocycles. The van der Waals surface area contributed by atoms with Gasteiger partial charge in [-0.05, 0) is 51.4 Å². The van der Waals surface area contributed by atoms with Crippen molar-refractivity contribution in [3.8, 4) is 0 Å². The Morgan fingerprint density at radius 2 is 1.05 bits per heavy atom. The molecule has 2 heterocycles. The number of carbonyl (C=O) groups excluding carboxylic acids is 1. The van der Waals surface area contributed by atoms with Crippen LogP contribution in [0.3, 0.4) is 0 Å². The van der Waals surface area contributed by atoms with Crippen LogP contribution in [-0.4, -0.2) is 142 Å². The molecule has 7 N–H and O–H groups in total. The SMILES string of the molecule is CC/C=C\C/C=C\C/C=C\C/C=C\CCCCCCCCC(=O)OC(COCCCCCCCCCCC)COC1OC(COC2OC(CO)C(O)C(O)C2O)C(O)C(O)C1O. The van der Waals surface area contributed by atoms with Gasteiger partial charge in [-0.2, -0.15) is 0 Å². The number of rotatable bonds is 36. The molecule has 2 aliphatic rings. The fraction of sp³-hybridized carbons (Fsp3) is 0.812. The fourth-order valence-electron chi connectivity index (χ4n) is 7.22. The number of carbonyl (C=O) groups is 1. The molecule has 0 aromatic rings. The first-order chi connectivity index (χ1) is 30.1. The lowest BCUT2D eigenvalue weighted by molar-refractivity contribution is -0.332. The van der Waals surface area contributed by atoms with Crippen LogP contribution in [-0.2, 0) is 33.2 Å². The summed E-state index contributed by atoms with van der Waals surface area (Å²) in [4.78, 5) is 12.9. The summed E-state index contributed by atoms with van der Waals surface area (Å²) in [5, 5.41) is 71.9. The van der Waals surface area contributed by atoms with E-state index in [-0.39, 0.29) is 19.6 Å². The third-order valence-electron chi connectivity index (χ3n) is 11.1. The highest BCUT2D eigenvalue weighted by molar-refractivity contribution is 5.69. The second kappa shape index (κ2) is 36.2. The van der Waals surface area contributed by atoms with Gasteiger partial charge in [0.25, 0.3) is 0 Å².